The van der Waals surface area contributed by atoms with Crippen LogP contribution >= 0.6 is 12.2 Å². The molecule has 0 fully saturated rings. The first kappa shape index (κ1) is 17.6. The van der Waals surface area contributed by atoms with E-state index in [-0.39, 0.29) is 0 Å². The molecule has 0 radical (unpaired) electrons. The molecule has 0 amide bonds. The summed E-state index contributed by atoms with van der Waals surface area (Å²) in [6.45, 7) is 2.70. The second-order valence-electron chi connectivity index (χ2n) is 5.89. The van der Waals surface area contributed by atoms with Gasteiger partial charge in [0.15, 0.2) is 5.11 Å². The Balaban J connectivity index is 1.69. The average Bonchev–Trinajstić information content (AvgIpc) is 3.00. The lowest BCUT2D eigenvalue weighted by Crippen LogP contribution is -2.23. The Kier molecular flexibility index (Phi) is 5.62. The van der Waals surface area contributed by atoms with Gasteiger partial charge in [-0.1, -0.05) is 35.9 Å². The Morgan fingerprint density at radius 1 is 1.23 bits per heavy atom. The van der Waals surface area contributed by atoms with E-state index in [1.807, 2.05) is 61.7 Å². The van der Waals surface area contributed by atoms with E-state index < -0.39 is 0 Å². The van der Waals surface area contributed by atoms with Crippen LogP contribution in [0.1, 0.15) is 17.5 Å². The number of anilines is 1. The largest absolute Gasteiger partial charge is 0.346 e. The van der Waals surface area contributed by atoms with Gasteiger partial charge in [0.1, 0.15) is 0 Å². The van der Waals surface area contributed by atoms with Crippen LogP contribution in [0.4, 0.5) is 5.69 Å². The SMILES string of the molecule is Cc1ccc(NC(=S)N/N=C\c2cn(CCC#N)c3ccccc23)cc1. The van der Waals surface area contributed by atoms with Crippen LogP contribution in [0, 0.1) is 18.3 Å². The molecular weight excluding hydrogens is 342 g/mol. The number of hydrogen-bond donors (Lipinski definition) is 2. The molecule has 1 heterocycles. The molecule has 1 aromatic heterocycles. The van der Waals surface area contributed by atoms with Gasteiger partial charge in [-0.25, -0.2) is 0 Å². The number of nitriles is 1. The molecule has 0 aliphatic heterocycles. The monoisotopic (exact) mass is 361 g/mol. The molecule has 0 bridgehead atoms. The molecule has 3 rings (SSSR count). The Morgan fingerprint density at radius 2 is 2.00 bits per heavy atom. The van der Waals surface area contributed by atoms with E-state index in [1.54, 1.807) is 6.21 Å². The summed E-state index contributed by atoms with van der Waals surface area (Å²) < 4.78 is 2.07. The zero-order valence-electron chi connectivity index (χ0n) is 14.4. The maximum Gasteiger partial charge on any atom is 0.191 e. The van der Waals surface area contributed by atoms with Gasteiger partial charge in [-0.2, -0.15) is 10.4 Å². The highest BCUT2D eigenvalue weighted by Gasteiger charge is 2.06. The van der Waals surface area contributed by atoms with Crippen molar-refractivity contribution in [3.63, 3.8) is 0 Å². The maximum absolute atomic E-state index is 8.82. The molecule has 0 saturated carbocycles. The van der Waals surface area contributed by atoms with Gasteiger partial charge in [0.2, 0.25) is 0 Å². The third-order valence-electron chi connectivity index (χ3n) is 3.96. The van der Waals surface area contributed by atoms with E-state index in [1.165, 1.54) is 5.56 Å². The number of thiocarbonyl (C=S) groups is 1. The van der Waals surface area contributed by atoms with Crippen molar-refractivity contribution in [1.82, 2.24) is 9.99 Å². The van der Waals surface area contributed by atoms with E-state index in [0.717, 1.165) is 22.2 Å². The Morgan fingerprint density at radius 3 is 2.77 bits per heavy atom. The smallest absolute Gasteiger partial charge is 0.191 e. The minimum atomic E-state index is 0.429. The average molecular weight is 361 g/mol. The van der Waals surface area contributed by atoms with E-state index in [2.05, 4.69) is 26.5 Å². The fourth-order valence-corrected chi connectivity index (χ4v) is 2.86. The van der Waals surface area contributed by atoms with Gasteiger partial charge >= 0.3 is 0 Å². The van der Waals surface area contributed by atoms with Gasteiger partial charge in [0.05, 0.1) is 18.7 Å². The van der Waals surface area contributed by atoms with Crippen LogP contribution in [0.3, 0.4) is 0 Å². The third kappa shape index (κ3) is 4.26. The number of hydrogen-bond acceptors (Lipinski definition) is 3. The van der Waals surface area contributed by atoms with Crippen molar-refractivity contribution in [2.75, 3.05) is 5.32 Å². The molecule has 3 aromatic rings. The van der Waals surface area contributed by atoms with Crippen molar-refractivity contribution < 1.29 is 0 Å². The second-order valence-corrected chi connectivity index (χ2v) is 6.30. The highest BCUT2D eigenvalue weighted by atomic mass is 32.1. The maximum atomic E-state index is 8.82. The Bertz CT molecular complexity index is 980. The lowest BCUT2D eigenvalue weighted by molar-refractivity contribution is 0.744. The zero-order valence-corrected chi connectivity index (χ0v) is 15.3. The van der Waals surface area contributed by atoms with Gasteiger partial charge < -0.3 is 9.88 Å². The van der Waals surface area contributed by atoms with Crippen LogP contribution in [-0.4, -0.2) is 15.9 Å². The third-order valence-corrected chi connectivity index (χ3v) is 4.16. The number of para-hydroxylation sites is 1. The summed E-state index contributed by atoms with van der Waals surface area (Å²) in [6.07, 6.45) is 4.22. The van der Waals surface area contributed by atoms with Crippen LogP contribution in [-0.2, 0) is 6.54 Å². The second kappa shape index (κ2) is 8.28. The van der Waals surface area contributed by atoms with Crippen molar-refractivity contribution in [2.45, 2.75) is 19.9 Å². The van der Waals surface area contributed by atoms with Gasteiger partial charge in [0, 0.05) is 34.9 Å². The van der Waals surface area contributed by atoms with Gasteiger partial charge in [0.25, 0.3) is 0 Å². The first-order valence-electron chi connectivity index (χ1n) is 8.29. The summed E-state index contributed by atoms with van der Waals surface area (Å²) in [4.78, 5) is 0. The molecule has 130 valence electrons. The van der Waals surface area contributed by atoms with Crippen LogP contribution < -0.4 is 10.7 Å². The van der Waals surface area contributed by atoms with E-state index in [9.17, 15) is 0 Å². The zero-order chi connectivity index (χ0) is 18.4. The molecule has 0 saturated heterocycles. The molecule has 26 heavy (non-hydrogen) atoms. The molecule has 0 atom stereocenters. The highest BCUT2D eigenvalue weighted by molar-refractivity contribution is 7.80. The molecule has 5 nitrogen and oxygen atoms in total. The van der Waals surface area contributed by atoms with Crippen LogP contribution in [0.15, 0.2) is 59.8 Å². The summed E-state index contributed by atoms with van der Waals surface area (Å²) in [7, 11) is 0. The molecule has 6 heteroatoms. The number of rotatable bonds is 5. The number of aryl methyl sites for hydroxylation is 2. The first-order valence-corrected chi connectivity index (χ1v) is 8.70. The molecular formula is C20H19N5S. The lowest BCUT2D eigenvalue weighted by Gasteiger charge is -2.06. The summed E-state index contributed by atoms with van der Waals surface area (Å²) in [5.41, 5.74) is 7.01. The predicted octanol–water partition coefficient (Wildman–Crippen LogP) is 4.18. The van der Waals surface area contributed by atoms with Crippen LogP contribution in [0.25, 0.3) is 10.9 Å². The number of nitrogens with one attached hydrogen (secondary N) is 2. The Labute approximate surface area is 157 Å². The molecule has 0 spiro atoms. The molecule has 0 aliphatic carbocycles. The van der Waals surface area contributed by atoms with Gasteiger partial charge in [-0.3, -0.25) is 5.43 Å². The number of hydrazone groups is 1. The topological polar surface area (TPSA) is 65.1 Å². The number of aromatic nitrogens is 1. The predicted molar refractivity (Wildman–Crippen MR) is 110 cm³/mol. The van der Waals surface area contributed by atoms with Crippen LogP contribution in [0.5, 0.6) is 0 Å². The molecule has 2 aromatic carbocycles. The van der Waals surface area contributed by atoms with E-state index in [4.69, 9.17) is 17.5 Å². The summed E-state index contributed by atoms with van der Waals surface area (Å²) in [6, 6.07) is 18.2. The highest BCUT2D eigenvalue weighted by Crippen LogP contribution is 2.20. The minimum Gasteiger partial charge on any atom is -0.346 e. The van der Waals surface area contributed by atoms with Crippen molar-refractivity contribution in [3.8, 4) is 6.07 Å². The molecule has 0 aliphatic rings. The quantitative estimate of drug-likeness (QED) is 0.406. The minimum absolute atomic E-state index is 0.429. The van der Waals surface area contributed by atoms with Crippen molar-refractivity contribution in [3.05, 3.63) is 65.9 Å². The van der Waals surface area contributed by atoms with Crippen molar-refractivity contribution in [1.29, 1.82) is 5.26 Å². The normalized spacial score (nSPS) is 10.8. The number of benzene rings is 2. The fraction of sp³-hybridized carbons (Fsp3) is 0.150. The summed E-state index contributed by atoms with van der Waals surface area (Å²) in [5.74, 6) is 0. The van der Waals surface area contributed by atoms with Gasteiger partial charge in [-0.15, -0.1) is 0 Å². The summed E-state index contributed by atoms with van der Waals surface area (Å²) in [5, 5.41) is 17.7. The fourth-order valence-electron chi connectivity index (χ4n) is 2.69. The standard InChI is InChI=1S/C20H19N5S/c1-15-7-9-17(10-8-15)23-20(26)24-22-13-16-14-25(12-4-11-21)19-6-3-2-5-18(16)19/h2-3,5-10,13-14H,4,12H2,1H3,(H2,23,24,26)/b22-13-. The molecule has 2 N–H and O–H groups in total. The first-order chi connectivity index (χ1) is 12.7. The summed E-state index contributed by atoms with van der Waals surface area (Å²) >= 11 is 5.27. The molecule has 0 unspecified atom stereocenters. The van der Waals surface area contributed by atoms with Crippen molar-refractivity contribution in [2.24, 2.45) is 5.10 Å². The van der Waals surface area contributed by atoms with Crippen molar-refractivity contribution >= 4 is 40.1 Å². The Hall–Kier alpha value is -3.17. The van der Waals surface area contributed by atoms with E-state index in [0.29, 0.717) is 18.1 Å². The van der Waals surface area contributed by atoms with E-state index >= 15 is 0 Å². The van der Waals surface area contributed by atoms with Gasteiger partial charge in [-0.05, 0) is 37.3 Å². The number of fused-ring (bicyclic) bond motifs is 1. The van der Waals surface area contributed by atoms with Crippen LogP contribution in [0.2, 0.25) is 0 Å². The number of nitrogens with zero attached hydrogens (tertiary/aromatic N) is 3. The lowest BCUT2D eigenvalue weighted by atomic mass is 10.2.